The van der Waals surface area contributed by atoms with Gasteiger partial charge in [-0.05, 0) is 61.0 Å². The average molecular weight is 440 g/mol. The fourth-order valence-corrected chi connectivity index (χ4v) is 3.29. The van der Waals surface area contributed by atoms with Gasteiger partial charge in [0.25, 0.3) is 10.0 Å². The third-order valence-corrected chi connectivity index (χ3v) is 5.27. The molecule has 0 heterocycles. The van der Waals surface area contributed by atoms with Gasteiger partial charge in [-0.2, -0.15) is 22.3 Å². The van der Waals surface area contributed by atoms with Crippen LogP contribution in [0.5, 0.6) is 5.75 Å². The van der Waals surface area contributed by atoms with Gasteiger partial charge in [0, 0.05) is 11.1 Å². The first kappa shape index (κ1) is 22.0. The molecule has 0 unspecified atom stereocenters. The van der Waals surface area contributed by atoms with Gasteiger partial charge in [-0.3, -0.25) is 0 Å². The van der Waals surface area contributed by atoms with Crippen molar-refractivity contribution in [1.29, 1.82) is 0 Å². The van der Waals surface area contributed by atoms with Gasteiger partial charge in [0.15, 0.2) is 0 Å². The molecule has 0 amide bonds. The van der Waals surface area contributed by atoms with E-state index in [0.29, 0.717) is 16.7 Å². The minimum absolute atomic E-state index is 0.0619. The zero-order chi connectivity index (χ0) is 22.3. The van der Waals surface area contributed by atoms with Gasteiger partial charge in [-0.1, -0.05) is 41.7 Å². The molecule has 0 saturated heterocycles. The summed E-state index contributed by atoms with van der Waals surface area (Å²) in [4.78, 5) is 2.30. The van der Waals surface area contributed by atoms with Gasteiger partial charge in [-0.25, -0.2) is 4.83 Å². The molecular formula is C23H18F2N2O3S. The van der Waals surface area contributed by atoms with Crippen molar-refractivity contribution in [3.8, 4) is 17.6 Å². The summed E-state index contributed by atoms with van der Waals surface area (Å²) in [5.74, 6) is 5.95. The molecule has 0 spiro atoms. The highest BCUT2D eigenvalue weighted by molar-refractivity contribution is 7.89. The molecule has 3 rings (SSSR count). The van der Waals surface area contributed by atoms with Crippen LogP contribution in [0.15, 0.2) is 82.8 Å². The number of aryl methyl sites for hydroxylation is 1. The Bertz CT molecular complexity index is 1230. The van der Waals surface area contributed by atoms with Gasteiger partial charge in [0.05, 0.1) is 11.1 Å². The van der Waals surface area contributed by atoms with Gasteiger partial charge in [0.1, 0.15) is 5.75 Å². The minimum Gasteiger partial charge on any atom is -0.435 e. The highest BCUT2D eigenvalue weighted by Gasteiger charge is 2.11. The molecule has 0 aliphatic rings. The topological polar surface area (TPSA) is 67.8 Å². The lowest BCUT2D eigenvalue weighted by Crippen LogP contribution is -2.18. The van der Waals surface area contributed by atoms with Crippen LogP contribution in [0.2, 0.25) is 0 Å². The molecule has 158 valence electrons. The Morgan fingerprint density at radius 1 is 0.968 bits per heavy atom. The Labute approximate surface area is 179 Å². The highest BCUT2D eigenvalue weighted by atomic mass is 32.2. The lowest BCUT2D eigenvalue weighted by atomic mass is 10.1. The fraction of sp³-hybridized carbons (Fsp3) is 0.0870. The zero-order valence-corrected chi connectivity index (χ0v) is 17.2. The molecule has 8 heteroatoms. The van der Waals surface area contributed by atoms with Crippen molar-refractivity contribution in [3.05, 3.63) is 95.1 Å². The second-order valence-corrected chi connectivity index (χ2v) is 8.11. The number of hydrogen-bond acceptors (Lipinski definition) is 4. The summed E-state index contributed by atoms with van der Waals surface area (Å²) >= 11 is 0. The SMILES string of the molecule is Cc1ccc(S(=O)(=O)N/N=C\c2cccc(C#Cc3ccc(OC(F)F)cc3)c2)cc1. The maximum absolute atomic E-state index is 12.2. The Balaban J connectivity index is 1.67. The first-order chi connectivity index (χ1) is 14.8. The van der Waals surface area contributed by atoms with E-state index in [-0.39, 0.29) is 10.6 Å². The summed E-state index contributed by atoms with van der Waals surface area (Å²) in [7, 11) is -3.75. The molecule has 0 aliphatic carbocycles. The van der Waals surface area contributed by atoms with Crippen LogP contribution in [-0.4, -0.2) is 21.2 Å². The van der Waals surface area contributed by atoms with Crippen LogP contribution in [0, 0.1) is 18.8 Å². The van der Waals surface area contributed by atoms with Crippen molar-refractivity contribution in [1.82, 2.24) is 4.83 Å². The lowest BCUT2D eigenvalue weighted by Gasteiger charge is -2.03. The predicted octanol–water partition coefficient (Wildman–Crippen LogP) is 4.31. The summed E-state index contributed by atoms with van der Waals surface area (Å²) in [5.41, 5.74) is 2.92. The van der Waals surface area contributed by atoms with Crippen LogP contribution in [0.4, 0.5) is 8.78 Å². The molecule has 31 heavy (non-hydrogen) atoms. The number of rotatable bonds is 6. The molecule has 3 aromatic carbocycles. The van der Waals surface area contributed by atoms with Crippen LogP contribution < -0.4 is 9.57 Å². The Hall–Kier alpha value is -3.70. The summed E-state index contributed by atoms with van der Waals surface area (Å²) < 4.78 is 53.2. The first-order valence-corrected chi connectivity index (χ1v) is 10.6. The number of benzene rings is 3. The molecule has 0 aromatic heterocycles. The van der Waals surface area contributed by atoms with E-state index in [1.54, 1.807) is 48.5 Å². The molecule has 1 N–H and O–H groups in total. The van der Waals surface area contributed by atoms with Crippen LogP contribution in [0.25, 0.3) is 0 Å². The number of nitrogens with one attached hydrogen (secondary N) is 1. The molecule has 3 aromatic rings. The fourth-order valence-electron chi connectivity index (χ4n) is 2.50. The van der Waals surface area contributed by atoms with E-state index in [1.807, 2.05) is 6.92 Å². The maximum atomic E-state index is 12.2. The number of nitrogens with zero attached hydrogens (tertiary/aromatic N) is 1. The molecule has 0 saturated carbocycles. The summed E-state index contributed by atoms with van der Waals surface area (Å²) in [6.45, 7) is -1.00. The summed E-state index contributed by atoms with van der Waals surface area (Å²) in [6, 6.07) is 19.5. The molecule has 0 radical (unpaired) electrons. The van der Waals surface area contributed by atoms with Gasteiger partial charge >= 0.3 is 6.61 Å². The van der Waals surface area contributed by atoms with Crippen LogP contribution in [0.1, 0.15) is 22.3 Å². The van der Waals surface area contributed by atoms with E-state index in [9.17, 15) is 17.2 Å². The predicted molar refractivity (Wildman–Crippen MR) is 115 cm³/mol. The third kappa shape index (κ3) is 6.66. The second-order valence-electron chi connectivity index (χ2n) is 6.44. The summed E-state index contributed by atoms with van der Waals surface area (Å²) in [6.07, 6.45) is 1.38. The molecule has 5 nitrogen and oxygen atoms in total. The number of hydrogen-bond donors (Lipinski definition) is 1. The monoisotopic (exact) mass is 440 g/mol. The van der Waals surface area contributed by atoms with Crippen molar-refractivity contribution >= 4 is 16.2 Å². The number of halogens is 2. The second kappa shape index (κ2) is 9.87. The smallest absolute Gasteiger partial charge is 0.387 e. The van der Waals surface area contributed by atoms with Gasteiger partial charge < -0.3 is 4.74 Å². The normalized spacial score (nSPS) is 11.2. The van der Waals surface area contributed by atoms with E-state index in [4.69, 9.17) is 0 Å². The lowest BCUT2D eigenvalue weighted by molar-refractivity contribution is -0.0498. The minimum atomic E-state index is -3.75. The number of hydrazone groups is 1. The largest absolute Gasteiger partial charge is 0.435 e. The Kier molecular flexibility index (Phi) is 7.00. The van der Waals surface area contributed by atoms with E-state index in [2.05, 4.69) is 26.5 Å². The van der Waals surface area contributed by atoms with Gasteiger partial charge in [0.2, 0.25) is 0 Å². The van der Waals surface area contributed by atoms with E-state index < -0.39 is 16.6 Å². The maximum Gasteiger partial charge on any atom is 0.387 e. The highest BCUT2D eigenvalue weighted by Crippen LogP contribution is 2.14. The Morgan fingerprint density at radius 2 is 1.65 bits per heavy atom. The quantitative estimate of drug-likeness (QED) is 0.353. The third-order valence-electron chi connectivity index (χ3n) is 4.04. The Morgan fingerprint density at radius 3 is 2.32 bits per heavy atom. The van der Waals surface area contributed by atoms with Crippen LogP contribution >= 0.6 is 0 Å². The standard InChI is InChI=1S/C23H18F2N2O3S/c1-17-5-13-22(14-6-17)31(28,29)27-26-16-20-4-2-3-19(15-20)8-7-18-9-11-21(12-10-18)30-23(24)25/h2-6,9-16,23,27H,1H3/b26-16-. The van der Waals surface area contributed by atoms with Crippen molar-refractivity contribution in [2.75, 3.05) is 0 Å². The first-order valence-electron chi connectivity index (χ1n) is 9.10. The number of sulfonamides is 1. The van der Waals surface area contributed by atoms with Crippen molar-refractivity contribution in [2.45, 2.75) is 18.4 Å². The molecule has 0 aliphatic heterocycles. The van der Waals surface area contributed by atoms with E-state index in [0.717, 1.165) is 5.56 Å². The average Bonchev–Trinajstić information content (AvgIpc) is 2.73. The zero-order valence-electron chi connectivity index (χ0n) is 16.4. The van der Waals surface area contributed by atoms with Crippen LogP contribution in [0.3, 0.4) is 0 Å². The molecular weight excluding hydrogens is 422 g/mol. The molecule has 0 atom stereocenters. The molecule has 0 fully saturated rings. The van der Waals surface area contributed by atoms with Crippen LogP contribution in [-0.2, 0) is 10.0 Å². The molecule has 0 bridgehead atoms. The van der Waals surface area contributed by atoms with Gasteiger partial charge in [-0.15, -0.1) is 0 Å². The van der Waals surface area contributed by atoms with Crippen molar-refractivity contribution < 1.29 is 21.9 Å². The van der Waals surface area contributed by atoms with Crippen molar-refractivity contribution in [2.24, 2.45) is 5.10 Å². The number of ether oxygens (including phenoxy) is 1. The van der Waals surface area contributed by atoms with E-state index in [1.165, 1.54) is 30.5 Å². The number of alkyl halides is 2. The van der Waals surface area contributed by atoms with Crippen molar-refractivity contribution in [3.63, 3.8) is 0 Å². The van der Waals surface area contributed by atoms with E-state index >= 15 is 0 Å². The summed E-state index contributed by atoms with van der Waals surface area (Å²) in [5, 5.41) is 3.82.